The van der Waals surface area contributed by atoms with Gasteiger partial charge in [0, 0.05) is 12.0 Å². The molecule has 1 aliphatic rings. The van der Waals surface area contributed by atoms with E-state index in [0.29, 0.717) is 0 Å². The maximum absolute atomic E-state index is 12.0. The summed E-state index contributed by atoms with van der Waals surface area (Å²) < 4.78 is 0. The molecule has 0 saturated carbocycles. The highest BCUT2D eigenvalue weighted by Gasteiger charge is 2.41. The minimum atomic E-state index is -0.471. The highest BCUT2D eigenvalue weighted by molar-refractivity contribution is 5.89. The summed E-state index contributed by atoms with van der Waals surface area (Å²) in [4.78, 5) is 14.1. The summed E-state index contributed by atoms with van der Waals surface area (Å²) in [5, 5.41) is 9.76. The molecule has 82 valence electrons. The van der Waals surface area contributed by atoms with Crippen LogP contribution in [0.1, 0.15) is 34.1 Å². The molecule has 14 heavy (non-hydrogen) atoms. The quantitative estimate of drug-likeness (QED) is 0.723. The van der Waals surface area contributed by atoms with Crippen molar-refractivity contribution >= 4 is 5.78 Å². The lowest BCUT2D eigenvalue weighted by atomic mass is 9.85. The molecule has 0 aromatic rings. The van der Waals surface area contributed by atoms with E-state index in [1.54, 1.807) is 0 Å². The first kappa shape index (κ1) is 11.7. The van der Waals surface area contributed by atoms with Crippen molar-refractivity contribution in [3.63, 3.8) is 0 Å². The molecule has 3 nitrogen and oxygen atoms in total. The molecule has 1 aliphatic heterocycles. The zero-order valence-electron chi connectivity index (χ0n) is 9.58. The van der Waals surface area contributed by atoms with Crippen LogP contribution in [-0.4, -0.2) is 41.0 Å². The van der Waals surface area contributed by atoms with Crippen LogP contribution in [0.15, 0.2) is 0 Å². The highest BCUT2D eigenvalue weighted by atomic mass is 16.3. The Morgan fingerprint density at radius 2 is 2.07 bits per heavy atom. The molecule has 3 heteroatoms. The molecule has 0 spiro atoms. The number of aliphatic hydroxyl groups is 1. The number of nitrogens with zero attached hydrogens (tertiary/aromatic N) is 1. The fraction of sp³-hybridized carbons (Fsp3) is 0.909. The Morgan fingerprint density at radius 1 is 1.50 bits per heavy atom. The summed E-state index contributed by atoms with van der Waals surface area (Å²) in [5.41, 5.74) is -0.358. The number of likely N-dealkylation sites (N-methyl/N-ethyl adjacent to an activating group) is 1. The Hall–Kier alpha value is -0.410. The van der Waals surface area contributed by atoms with Gasteiger partial charge < -0.3 is 5.11 Å². The summed E-state index contributed by atoms with van der Waals surface area (Å²) in [6, 6.07) is -0.278. The van der Waals surface area contributed by atoms with Crippen LogP contribution in [0.4, 0.5) is 0 Å². The van der Waals surface area contributed by atoms with Gasteiger partial charge in [0.1, 0.15) is 0 Å². The third-order valence-corrected chi connectivity index (χ3v) is 2.88. The van der Waals surface area contributed by atoms with Crippen molar-refractivity contribution in [2.75, 3.05) is 13.1 Å². The van der Waals surface area contributed by atoms with Gasteiger partial charge >= 0.3 is 0 Å². The maximum Gasteiger partial charge on any atom is 0.157 e. The van der Waals surface area contributed by atoms with Crippen molar-refractivity contribution in [3.05, 3.63) is 0 Å². The minimum absolute atomic E-state index is 0.157. The molecular formula is C11H21NO2. The largest absolute Gasteiger partial charge is 0.391 e. The lowest BCUT2D eigenvalue weighted by Crippen LogP contribution is -2.46. The van der Waals surface area contributed by atoms with Crippen molar-refractivity contribution in [2.45, 2.75) is 46.3 Å². The van der Waals surface area contributed by atoms with Crippen LogP contribution in [0.5, 0.6) is 0 Å². The van der Waals surface area contributed by atoms with E-state index in [0.717, 1.165) is 19.5 Å². The standard InChI is InChI=1S/C11H21NO2/c1-5-12-7-6-8(13)9(12)10(14)11(2,3)4/h8-9,13H,5-7H2,1-4H3. The van der Waals surface area contributed by atoms with Gasteiger partial charge in [-0.1, -0.05) is 27.7 Å². The number of likely N-dealkylation sites (tertiary alicyclic amines) is 1. The van der Waals surface area contributed by atoms with E-state index < -0.39 is 6.10 Å². The molecule has 0 aliphatic carbocycles. The van der Waals surface area contributed by atoms with Gasteiger partial charge in [-0.05, 0) is 13.0 Å². The molecule has 1 N–H and O–H groups in total. The van der Waals surface area contributed by atoms with Gasteiger partial charge in [0.25, 0.3) is 0 Å². The minimum Gasteiger partial charge on any atom is -0.391 e. The average Bonchev–Trinajstić information content (AvgIpc) is 2.43. The van der Waals surface area contributed by atoms with Gasteiger partial charge in [-0.3, -0.25) is 9.69 Å². The van der Waals surface area contributed by atoms with Gasteiger partial charge in [0.15, 0.2) is 5.78 Å². The predicted molar refractivity (Wildman–Crippen MR) is 56.1 cm³/mol. The van der Waals surface area contributed by atoms with Crippen molar-refractivity contribution in [1.82, 2.24) is 4.90 Å². The first-order valence-electron chi connectivity index (χ1n) is 5.34. The van der Waals surface area contributed by atoms with E-state index in [-0.39, 0.29) is 17.2 Å². The molecule has 0 aromatic carbocycles. The molecule has 2 atom stereocenters. The second-order valence-corrected chi connectivity index (χ2v) is 5.04. The Bertz CT molecular complexity index is 220. The summed E-state index contributed by atoms with van der Waals surface area (Å²) in [5.74, 6) is 0.157. The molecule has 1 saturated heterocycles. The summed E-state index contributed by atoms with van der Waals surface area (Å²) in [7, 11) is 0. The van der Waals surface area contributed by atoms with Crippen molar-refractivity contribution in [2.24, 2.45) is 5.41 Å². The summed E-state index contributed by atoms with van der Waals surface area (Å²) in [6.07, 6.45) is 0.252. The number of carbonyl (C=O) groups is 1. The van der Waals surface area contributed by atoms with Gasteiger partial charge in [-0.2, -0.15) is 0 Å². The Morgan fingerprint density at radius 3 is 2.50 bits per heavy atom. The fourth-order valence-corrected chi connectivity index (χ4v) is 1.98. The topological polar surface area (TPSA) is 40.5 Å². The monoisotopic (exact) mass is 199 g/mol. The lowest BCUT2D eigenvalue weighted by Gasteiger charge is -2.29. The SMILES string of the molecule is CCN1CCC(O)C1C(=O)C(C)(C)C. The zero-order chi connectivity index (χ0) is 10.9. The van der Waals surface area contributed by atoms with Gasteiger partial charge in [0.05, 0.1) is 12.1 Å². The predicted octanol–water partition coefficient (Wildman–Crippen LogP) is 1.06. The van der Waals surface area contributed by atoms with E-state index in [2.05, 4.69) is 4.90 Å². The van der Waals surface area contributed by atoms with Crippen LogP contribution in [-0.2, 0) is 4.79 Å². The molecule has 0 aromatic heterocycles. The lowest BCUT2D eigenvalue weighted by molar-refractivity contribution is -0.133. The Balaban J connectivity index is 2.79. The Labute approximate surface area is 86.1 Å². The van der Waals surface area contributed by atoms with Crippen molar-refractivity contribution in [3.8, 4) is 0 Å². The third-order valence-electron chi connectivity index (χ3n) is 2.88. The smallest absolute Gasteiger partial charge is 0.157 e. The number of ketones is 1. The third kappa shape index (κ3) is 2.15. The van der Waals surface area contributed by atoms with E-state index >= 15 is 0 Å². The number of Topliss-reactive ketones (excluding diaryl/α,β-unsaturated/α-hetero) is 1. The van der Waals surface area contributed by atoms with Crippen LogP contribution >= 0.6 is 0 Å². The first-order valence-corrected chi connectivity index (χ1v) is 5.34. The number of rotatable bonds is 2. The van der Waals surface area contributed by atoms with Crippen LogP contribution in [0.25, 0.3) is 0 Å². The summed E-state index contributed by atoms with van der Waals surface area (Å²) in [6.45, 7) is 9.44. The normalized spacial score (nSPS) is 29.5. The van der Waals surface area contributed by atoms with E-state index in [9.17, 15) is 9.90 Å². The number of hydrogen-bond acceptors (Lipinski definition) is 3. The van der Waals surface area contributed by atoms with E-state index in [1.807, 2.05) is 27.7 Å². The average molecular weight is 199 g/mol. The van der Waals surface area contributed by atoms with Crippen LogP contribution < -0.4 is 0 Å². The molecule has 1 heterocycles. The maximum atomic E-state index is 12.0. The van der Waals surface area contributed by atoms with Crippen LogP contribution in [0, 0.1) is 5.41 Å². The number of hydrogen-bond donors (Lipinski definition) is 1. The molecule has 0 bridgehead atoms. The van der Waals surface area contributed by atoms with Crippen molar-refractivity contribution < 1.29 is 9.90 Å². The fourth-order valence-electron chi connectivity index (χ4n) is 1.98. The van der Waals surface area contributed by atoms with E-state index in [1.165, 1.54) is 0 Å². The van der Waals surface area contributed by atoms with Gasteiger partial charge in [-0.15, -0.1) is 0 Å². The molecule has 2 unspecified atom stereocenters. The van der Waals surface area contributed by atoms with Crippen molar-refractivity contribution in [1.29, 1.82) is 0 Å². The zero-order valence-corrected chi connectivity index (χ0v) is 9.58. The second kappa shape index (κ2) is 3.99. The number of aliphatic hydroxyl groups excluding tert-OH is 1. The molecular weight excluding hydrogens is 178 g/mol. The molecule has 1 fully saturated rings. The molecule has 0 radical (unpaired) electrons. The van der Waals surface area contributed by atoms with Crippen LogP contribution in [0.3, 0.4) is 0 Å². The summed E-state index contributed by atoms with van der Waals surface area (Å²) >= 11 is 0. The first-order chi connectivity index (χ1) is 6.38. The van der Waals surface area contributed by atoms with Crippen LogP contribution in [0.2, 0.25) is 0 Å². The Kier molecular flexibility index (Phi) is 3.32. The molecule has 1 rings (SSSR count). The molecule has 0 amide bonds. The number of carbonyl (C=O) groups excluding carboxylic acids is 1. The second-order valence-electron chi connectivity index (χ2n) is 5.04. The highest BCUT2D eigenvalue weighted by Crippen LogP contribution is 2.26. The van der Waals surface area contributed by atoms with E-state index in [4.69, 9.17) is 0 Å². The van der Waals surface area contributed by atoms with Gasteiger partial charge in [-0.25, -0.2) is 0 Å². The van der Waals surface area contributed by atoms with Gasteiger partial charge in [0.2, 0.25) is 0 Å².